The van der Waals surface area contributed by atoms with E-state index in [0.29, 0.717) is 25.2 Å². The van der Waals surface area contributed by atoms with E-state index < -0.39 is 46.8 Å². The quantitative estimate of drug-likeness (QED) is 0.263. The lowest BCUT2D eigenvalue weighted by Gasteiger charge is -2.34. The highest BCUT2D eigenvalue weighted by Gasteiger charge is 2.37. The molecule has 41 heavy (non-hydrogen) atoms. The van der Waals surface area contributed by atoms with Gasteiger partial charge in [-0.3, -0.25) is 4.79 Å². The van der Waals surface area contributed by atoms with E-state index in [-0.39, 0.29) is 29.5 Å². The Morgan fingerprint density at radius 2 is 1.80 bits per heavy atom. The van der Waals surface area contributed by atoms with Crippen molar-refractivity contribution in [2.75, 3.05) is 4.90 Å². The number of carboxylic acids is 1. The normalized spacial score (nSPS) is 17.5. The number of pyridine rings is 1. The van der Waals surface area contributed by atoms with Crippen molar-refractivity contribution < 1.29 is 41.4 Å². The molecule has 0 bridgehead atoms. The van der Waals surface area contributed by atoms with Crippen LogP contribution in [0, 0.1) is 17.7 Å². The van der Waals surface area contributed by atoms with Gasteiger partial charge in [0, 0.05) is 30.3 Å². The van der Waals surface area contributed by atoms with Gasteiger partial charge in [0.1, 0.15) is 5.56 Å². The van der Waals surface area contributed by atoms with Crippen molar-refractivity contribution in [1.82, 2.24) is 4.98 Å². The number of ether oxygens (including phenoxy) is 1. The molecule has 1 saturated carbocycles. The molecule has 2 heterocycles. The Bertz CT molecular complexity index is 1380. The third-order valence-corrected chi connectivity index (χ3v) is 7.36. The van der Waals surface area contributed by atoms with E-state index in [1.807, 2.05) is 0 Å². The summed E-state index contributed by atoms with van der Waals surface area (Å²) in [6, 6.07) is 3.70. The molecule has 1 amide bonds. The van der Waals surface area contributed by atoms with Gasteiger partial charge >= 0.3 is 12.1 Å². The van der Waals surface area contributed by atoms with Crippen molar-refractivity contribution in [3.05, 3.63) is 71.1 Å². The first kappa shape index (κ1) is 30.1. The summed E-state index contributed by atoms with van der Waals surface area (Å²) in [7, 11) is 0. The number of amides is 1. The number of carbonyl (C=O) groups is 2. The van der Waals surface area contributed by atoms with Gasteiger partial charge in [-0.05, 0) is 81.5 Å². The number of hydrogen-bond donors (Lipinski definition) is 1. The van der Waals surface area contributed by atoms with Crippen LogP contribution in [0.15, 0.2) is 47.4 Å². The molecule has 11 heteroatoms. The number of carbonyl (C=O) groups excluding carboxylic acids is 1. The number of alkyl halides is 3. The molecule has 0 radical (unpaired) electrons. The number of rotatable bonds is 9. The van der Waals surface area contributed by atoms with E-state index >= 15 is 4.39 Å². The van der Waals surface area contributed by atoms with Crippen LogP contribution in [0.1, 0.15) is 73.5 Å². The van der Waals surface area contributed by atoms with Crippen molar-refractivity contribution in [1.29, 1.82) is 0 Å². The fourth-order valence-corrected chi connectivity index (χ4v) is 5.09. The summed E-state index contributed by atoms with van der Waals surface area (Å²) in [5.74, 6) is -4.44. The Hall–Kier alpha value is -3.89. The molecule has 1 fully saturated rings. The fraction of sp³-hybridized carbons (Fsp3) is 0.433. The van der Waals surface area contributed by atoms with Gasteiger partial charge in [0.15, 0.2) is 11.6 Å². The van der Waals surface area contributed by atoms with E-state index in [4.69, 9.17) is 9.15 Å². The SMILES string of the molecule is CC(C)N(c1cc(F)c(Oc2ncc(CCc3ccoc3)cc2C(F)(F)F)cc1C(=O)O)C(=O)[C@H]1CC[C@H](C)CC1. The van der Waals surface area contributed by atoms with E-state index in [2.05, 4.69) is 11.9 Å². The topological polar surface area (TPSA) is 92.9 Å². The zero-order valence-electron chi connectivity index (χ0n) is 23.0. The summed E-state index contributed by atoms with van der Waals surface area (Å²) in [5.41, 5.74) is -0.809. The lowest BCUT2D eigenvalue weighted by Crippen LogP contribution is -2.43. The molecule has 0 spiro atoms. The van der Waals surface area contributed by atoms with Crippen LogP contribution in [-0.2, 0) is 23.8 Å². The number of aromatic carboxylic acids is 1. The number of benzene rings is 1. The van der Waals surface area contributed by atoms with Gasteiger partial charge in [0.25, 0.3) is 0 Å². The molecule has 1 aliphatic rings. The monoisotopic (exact) mass is 576 g/mol. The van der Waals surface area contributed by atoms with E-state index in [1.54, 1.807) is 19.9 Å². The third-order valence-electron chi connectivity index (χ3n) is 7.36. The molecular formula is C30H32F4N2O5. The largest absolute Gasteiger partial charge is 0.478 e. The summed E-state index contributed by atoms with van der Waals surface area (Å²) >= 11 is 0. The Labute approximate surface area is 235 Å². The Balaban J connectivity index is 1.66. The number of halogens is 4. The average Bonchev–Trinajstić information content (AvgIpc) is 3.42. The van der Waals surface area contributed by atoms with Crippen LogP contribution < -0.4 is 9.64 Å². The minimum absolute atomic E-state index is 0.181. The number of aromatic nitrogens is 1. The summed E-state index contributed by atoms with van der Waals surface area (Å²) in [4.78, 5) is 30.7. The predicted molar refractivity (Wildman–Crippen MR) is 143 cm³/mol. The number of aryl methyl sites for hydroxylation is 2. The minimum atomic E-state index is -4.88. The van der Waals surface area contributed by atoms with Crippen molar-refractivity contribution in [2.24, 2.45) is 11.8 Å². The Morgan fingerprint density at radius 3 is 2.39 bits per heavy atom. The maximum atomic E-state index is 15.4. The second kappa shape index (κ2) is 12.3. The first-order valence-electron chi connectivity index (χ1n) is 13.5. The summed E-state index contributed by atoms with van der Waals surface area (Å²) in [6.07, 6.45) is 2.91. The van der Waals surface area contributed by atoms with Crippen LogP contribution in [0.3, 0.4) is 0 Å². The maximum Gasteiger partial charge on any atom is 0.421 e. The molecule has 1 N–H and O–H groups in total. The highest BCUT2D eigenvalue weighted by Crippen LogP contribution is 2.40. The lowest BCUT2D eigenvalue weighted by atomic mass is 9.82. The molecule has 0 unspecified atom stereocenters. The molecule has 1 aliphatic carbocycles. The van der Waals surface area contributed by atoms with Gasteiger partial charge in [0.2, 0.25) is 11.8 Å². The number of carboxylic acid groups (broad SMARTS) is 1. The van der Waals surface area contributed by atoms with Crippen molar-refractivity contribution in [3.8, 4) is 11.6 Å². The van der Waals surface area contributed by atoms with Crippen LogP contribution in [0.2, 0.25) is 0 Å². The summed E-state index contributed by atoms with van der Waals surface area (Å²) < 4.78 is 67.4. The number of nitrogens with zero attached hydrogens (tertiary/aromatic N) is 2. The highest BCUT2D eigenvalue weighted by molar-refractivity contribution is 6.03. The van der Waals surface area contributed by atoms with Gasteiger partial charge in [0.05, 0.1) is 23.8 Å². The third kappa shape index (κ3) is 7.07. The van der Waals surface area contributed by atoms with Gasteiger partial charge in [-0.15, -0.1) is 0 Å². The van der Waals surface area contributed by atoms with Crippen molar-refractivity contribution in [3.63, 3.8) is 0 Å². The number of furan rings is 1. The Morgan fingerprint density at radius 1 is 1.12 bits per heavy atom. The van der Waals surface area contributed by atoms with E-state index in [0.717, 1.165) is 36.6 Å². The second-order valence-corrected chi connectivity index (χ2v) is 10.8. The van der Waals surface area contributed by atoms with Crippen LogP contribution in [-0.4, -0.2) is 28.0 Å². The van der Waals surface area contributed by atoms with Crippen LogP contribution in [0.4, 0.5) is 23.2 Å². The minimum Gasteiger partial charge on any atom is -0.478 e. The molecule has 1 aromatic carbocycles. The molecule has 0 saturated heterocycles. The molecular weight excluding hydrogens is 544 g/mol. The van der Waals surface area contributed by atoms with Gasteiger partial charge in [-0.1, -0.05) is 6.92 Å². The second-order valence-electron chi connectivity index (χ2n) is 10.8. The highest BCUT2D eigenvalue weighted by atomic mass is 19.4. The standard InChI is InChI=1S/C30H32F4N2O5/c1-17(2)36(28(37)21-8-4-18(3)5-9-21)25-14-24(31)26(13-22(25)29(38)39)41-27-23(30(32,33)34)12-20(15-35-27)7-6-19-10-11-40-16-19/h10-18,21H,4-9H2,1-3H3,(H,38,39)/t18-,21-. The van der Waals surface area contributed by atoms with Gasteiger partial charge in [-0.2, -0.15) is 13.2 Å². The summed E-state index contributed by atoms with van der Waals surface area (Å²) in [6.45, 7) is 5.47. The predicted octanol–water partition coefficient (Wildman–Crippen LogP) is 7.68. The first-order valence-corrected chi connectivity index (χ1v) is 13.5. The van der Waals surface area contributed by atoms with E-state index in [9.17, 15) is 27.9 Å². The fourth-order valence-electron chi connectivity index (χ4n) is 5.09. The maximum absolute atomic E-state index is 15.4. The van der Waals surface area contributed by atoms with Crippen LogP contribution >= 0.6 is 0 Å². The molecule has 3 aromatic rings. The zero-order chi connectivity index (χ0) is 29.9. The molecule has 0 atom stereocenters. The number of anilines is 1. The van der Waals surface area contributed by atoms with Crippen molar-refractivity contribution in [2.45, 2.75) is 71.5 Å². The van der Waals surface area contributed by atoms with E-state index in [1.165, 1.54) is 23.6 Å². The first-order chi connectivity index (χ1) is 19.3. The molecule has 4 rings (SSSR count). The zero-order valence-corrected chi connectivity index (χ0v) is 23.0. The van der Waals surface area contributed by atoms with Gasteiger partial charge in [-0.25, -0.2) is 14.2 Å². The molecule has 2 aromatic heterocycles. The van der Waals surface area contributed by atoms with Gasteiger partial charge < -0.3 is 19.2 Å². The number of hydrogen-bond acceptors (Lipinski definition) is 5. The molecule has 220 valence electrons. The molecule has 7 nitrogen and oxygen atoms in total. The molecule has 0 aliphatic heterocycles. The van der Waals surface area contributed by atoms with Crippen LogP contribution in [0.25, 0.3) is 0 Å². The lowest BCUT2D eigenvalue weighted by molar-refractivity contribution is -0.139. The Kier molecular flexibility index (Phi) is 9.04. The smallest absolute Gasteiger partial charge is 0.421 e. The van der Waals surface area contributed by atoms with Crippen LogP contribution in [0.5, 0.6) is 11.6 Å². The summed E-state index contributed by atoms with van der Waals surface area (Å²) in [5, 5.41) is 9.94. The average molecular weight is 577 g/mol. The van der Waals surface area contributed by atoms with Crippen molar-refractivity contribution >= 4 is 17.6 Å².